The fraction of sp³-hybridized carbons (Fsp3) is 0.176. The van der Waals surface area contributed by atoms with Crippen molar-refractivity contribution >= 4 is 29.3 Å². The number of hydrogen-bond donors (Lipinski definition) is 2. The molecule has 2 aromatic carbocycles. The molecule has 0 aliphatic rings. The molecule has 0 saturated heterocycles. The van der Waals surface area contributed by atoms with E-state index in [-0.39, 0.29) is 5.91 Å². The number of nitrogens with two attached hydrogens (primary N) is 1. The molecule has 2 amide bonds. The first-order valence-electron chi connectivity index (χ1n) is 6.94. The zero-order chi connectivity index (χ0) is 15.9. The Morgan fingerprint density at radius 2 is 1.86 bits per heavy atom. The maximum absolute atomic E-state index is 11.9. The lowest BCUT2D eigenvalue weighted by Gasteiger charge is -2.06. The third-order valence-electron chi connectivity index (χ3n) is 3.05. The van der Waals surface area contributed by atoms with E-state index in [0.717, 1.165) is 4.90 Å². The summed E-state index contributed by atoms with van der Waals surface area (Å²) in [6, 6.07) is 14.8. The van der Waals surface area contributed by atoms with Crippen LogP contribution in [0.1, 0.15) is 22.3 Å². The molecule has 0 radical (unpaired) electrons. The second kappa shape index (κ2) is 7.66. The topological polar surface area (TPSA) is 72.2 Å². The standard InChI is InChI=1S/C17H18N2O2S/c1-12-5-7-15(8-6-12)22-10-9-16(20)19-14-4-2-3-13(11-14)17(18)21/h2-8,11H,9-10H2,1H3,(H2,18,21)(H,19,20). The number of benzene rings is 2. The van der Waals surface area contributed by atoms with Crippen LogP contribution in [0.3, 0.4) is 0 Å². The molecule has 0 fully saturated rings. The van der Waals surface area contributed by atoms with Crippen LogP contribution in [0.15, 0.2) is 53.4 Å². The van der Waals surface area contributed by atoms with Gasteiger partial charge in [-0.2, -0.15) is 0 Å². The van der Waals surface area contributed by atoms with Gasteiger partial charge in [-0.15, -0.1) is 11.8 Å². The molecule has 5 heteroatoms. The van der Waals surface area contributed by atoms with Crippen molar-refractivity contribution in [2.75, 3.05) is 11.1 Å². The third-order valence-corrected chi connectivity index (χ3v) is 4.06. The number of carbonyl (C=O) groups excluding carboxylic acids is 2. The van der Waals surface area contributed by atoms with Crippen molar-refractivity contribution in [3.8, 4) is 0 Å². The monoisotopic (exact) mass is 314 g/mol. The van der Waals surface area contributed by atoms with E-state index in [9.17, 15) is 9.59 Å². The fourth-order valence-electron chi connectivity index (χ4n) is 1.87. The predicted molar refractivity (Wildman–Crippen MR) is 90.1 cm³/mol. The zero-order valence-electron chi connectivity index (χ0n) is 12.3. The minimum Gasteiger partial charge on any atom is -0.366 e. The van der Waals surface area contributed by atoms with Crippen LogP contribution in [0.4, 0.5) is 5.69 Å². The molecule has 0 aliphatic carbocycles. The van der Waals surface area contributed by atoms with E-state index in [1.54, 1.807) is 36.0 Å². The highest BCUT2D eigenvalue weighted by molar-refractivity contribution is 7.99. The van der Waals surface area contributed by atoms with Gasteiger partial charge in [-0.05, 0) is 37.3 Å². The molecule has 0 heterocycles. The number of carbonyl (C=O) groups is 2. The smallest absolute Gasteiger partial charge is 0.248 e. The summed E-state index contributed by atoms with van der Waals surface area (Å²) < 4.78 is 0. The van der Waals surface area contributed by atoms with Crippen LogP contribution < -0.4 is 11.1 Å². The highest BCUT2D eigenvalue weighted by Gasteiger charge is 2.05. The molecule has 0 saturated carbocycles. The predicted octanol–water partition coefficient (Wildman–Crippen LogP) is 3.21. The lowest BCUT2D eigenvalue weighted by atomic mass is 10.2. The first-order valence-corrected chi connectivity index (χ1v) is 7.92. The van der Waals surface area contributed by atoms with Gasteiger partial charge in [0.2, 0.25) is 11.8 Å². The second-order valence-electron chi connectivity index (χ2n) is 4.90. The molecule has 3 N–H and O–H groups in total. The van der Waals surface area contributed by atoms with E-state index < -0.39 is 5.91 Å². The number of amides is 2. The Morgan fingerprint density at radius 1 is 1.14 bits per heavy atom. The Kier molecular flexibility index (Phi) is 5.61. The van der Waals surface area contributed by atoms with E-state index in [2.05, 4.69) is 17.4 Å². The Balaban J connectivity index is 1.81. The summed E-state index contributed by atoms with van der Waals surface area (Å²) in [5.41, 5.74) is 7.40. The number of rotatable bonds is 6. The number of nitrogens with one attached hydrogen (secondary N) is 1. The highest BCUT2D eigenvalue weighted by Crippen LogP contribution is 2.19. The van der Waals surface area contributed by atoms with Gasteiger partial charge >= 0.3 is 0 Å². The number of thioether (sulfide) groups is 1. The number of hydrogen-bond acceptors (Lipinski definition) is 3. The lowest BCUT2D eigenvalue weighted by Crippen LogP contribution is -2.14. The molecule has 2 rings (SSSR count). The molecular formula is C17H18N2O2S. The number of anilines is 1. The van der Waals surface area contributed by atoms with E-state index in [0.29, 0.717) is 23.4 Å². The highest BCUT2D eigenvalue weighted by atomic mass is 32.2. The maximum Gasteiger partial charge on any atom is 0.248 e. The van der Waals surface area contributed by atoms with Crippen LogP contribution in [0.2, 0.25) is 0 Å². The molecule has 4 nitrogen and oxygen atoms in total. The average Bonchev–Trinajstić information content (AvgIpc) is 2.49. The van der Waals surface area contributed by atoms with Gasteiger partial charge in [-0.25, -0.2) is 0 Å². The van der Waals surface area contributed by atoms with E-state index in [1.165, 1.54) is 5.56 Å². The van der Waals surface area contributed by atoms with Crippen molar-refractivity contribution in [1.82, 2.24) is 0 Å². The van der Waals surface area contributed by atoms with E-state index in [4.69, 9.17) is 5.73 Å². The van der Waals surface area contributed by atoms with Crippen LogP contribution in [-0.2, 0) is 4.79 Å². The van der Waals surface area contributed by atoms with Gasteiger partial charge in [-0.3, -0.25) is 9.59 Å². The Hall–Kier alpha value is -2.27. The van der Waals surface area contributed by atoms with Gasteiger partial charge in [0, 0.05) is 28.3 Å². The summed E-state index contributed by atoms with van der Waals surface area (Å²) in [7, 11) is 0. The third kappa shape index (κ3) is 4.93. The fourth-order valence-corrected chi connectivity index (χ4v) is 2.72. The summed E-state index contributed by atoms with van der Waals surface area (Å²) in [6.45, 7) is 2.04. The summed E-state index contributed by atoms with van der Waals surface area (Å²) >= 11 is 1.64. The van der Waals surface area contributed by atoms with E-state index >= 15 is 0 Å². The Labute approximate surface area is 134 Å². The van der Waals surface area contributed by atoms with Crippen LogP contribution in [0, 0.1) is 6.92 Å². The average molecular weight is 314 g/mol. The SMILES string of the molecule is Cc1ccc(SCCC(=O)Nc2cccc(C(N)=O)c2)cc1. The second-order valence-corrected chi connectivity index (χ2v) is 6.07. The molecule has 0 spiro atoms. The Bertz CT molecular complexity index is 669. The summed E-state index contributed by atoms with van der Waals surface area (Å²) in [5, 5.41) is 2.77. The molecule has 22 heavy (non-hydrogen) atoms. The van der Waals surface area contributed by atoms with Gasteiger partial charge < -0.3 is 11.1 Å². The molecule has 0 aliphatic heterocycles. The van der Waals surface area contributed by atoms with Crippen molar-refractivity contribution in [2.45, 2.75) is 18.2 Å². The van der Waals surface area contributed by atoms with Crippen molar-refractivity contribution in [2.24, 2.45) is 5.73 Å². The number of primary amides is 1. The lowest BCUT2D eigenvalue weighted by molar-refractivity contribution is -0.115. The van der Waals surface area contributed by atoms with E-state index in [1.807, 2.05) is 19.1 Å². The van der Waals surface area contributed by atoms with Crippen molar-refractivity contribution in [3.63, 3.8) is 0 Å². The Morgan fingerprint density at radius 3 is 2.55 bits per heavy atom. The van der Waals surface area contributed by atoms with Crippen molar-refractivity contribution in [1.29, 1.82) is 0 Å². The largest absolute Gasteiger partial charge is 0.366 e. The summed E-state index contributed by atoms with van der Waals surface area (Å²) in [4.78, 5) is 24.1. The molecule has 0 bridgehead atoms. The first-order chi connectivity index (χ1) is 10.5. The van der Waals surface area contributed by atoms with Gasteiger partial charge in [0.15, 0.2) is 0 Å². The molecule has 114 valence electrons. The molecule has 2 aromatic rings. The zero-order valence-corrected chi connectivity index (χ0v) is 13.2. The maximum atomic E-state index is 11.9. The van der Waals surface area contributed by atoms with Gasteiger partial charge in [0.25, 0.3) is 0 Å². The van der Waals surface area contributed by atoms with Gasteiger partial charge in [-0.1, -0.05) is 23.8 Å². The minimum absolute atomic E-state index is 0.0822. The molecule has 0 aromatic heterocycles. The van der Waals surface area contributed by atoms with Crippen molar-refractivity contribution in [3.05, 3.63) is 59.7 Å². The normalized spacial score (nSPS) is 10.2. The molecular weight excluding hydrogens is 296 g/mol. The molecule has 0 unspecified atom stereocenters. The quantitative estimate of drug-likeness (QED) is 0.804. The summed E-state index contributed by atoms with van der Waals surface area (Å²) in [5.74, 6) is 0.108. The van der Waals surface area contributed by atoms with Crippen LogP contribution in [0.25, 0.3) is 0 Å². The summed E-state index contributed by atoms with van der Waals surface area (Å²) in [6.07, 6.45) is 0.402. The minimum atomic E-state index is -0.508. The van der Waals surface area contributed by atoms with Gasteiger partial charge in [0.1, 0.15) is 0 Å². The molecule has 0 atom stereocenters. The van der Waals surface area contributed by atoms with Crippen LogP contribution >= 0.6 is 11.8 Å². The van der Waals surface area contributed by atoms with Gasteiger partial charge in [0.05, 0.1) is 0 Å². The number of aryl methyl sites for hydroxylation is 1. The van der Waals surface area contributed by atoms with Crippen LogP contribution in [0.5, 0.6) is 0 Å². The first kappa shape index (κ1) is 16.1. The van der Waals surface area contributed by atoms with Crippen molar-refractivity contribution < 1.29 is 9.59 Å². The van der Waals surface area contributed by atoms with Crippen LogP contribution in [-0.4, -0.2) is 17.6 Å².